The lowest BCUT2D eigenvalue weighted by atomic mass is 9.93. The minimum Gasteiger partial charge on any atom is -0.485 e. The molecule has 0 saturated carbocycles. The lowest BCUT2D eigenvalue weighted by Crippen LogP contribution is -2.26. The van der Waals surface area contributed by atoms with Gasteiger partial charge >= 0.3 is 0 Å². The molecule has 0 bridgehead atoms. The van der Waals surface area contributed by atoms with Crippen molar-refractivity contribution in [3.8, 4) is 5.75 Å². The highest BCUT2D eigenvalue weighted by Gasteiger charge is 2.29. The maximum atomic E-state index is 13.6. The molecule has 0 aliphatic carbocycles. The Labute approximate surface area is 136 Å². The van der Waals surface area contributed by atoms with E-state index in [9.17, 15) is 4.39 Å². The fraction of sp³-hybridized carbons (Fsp3) is 0.250. The summed E-state index contributed by atoms with van der Waals surface area (Å²) < 4.78 is 20.6. The average Bonchev–Trinajstić information content (AvgIpc) is 2.44. The van der Waals surface area contributed by atoms with Crippen LogP contribution in [0.5, 0.6) is 5.75 Å². The standard InChI is InChI=1S/C16H14BrClFNO/c1-20-14-8-15(9-4-11(18)7-12(19)5-9)21-16-6-10(17)2-3-13(14)16/h2-7,14-15,20H,8H2,1H3. The van der Waals surface area contributed by atoms with E-state index in [4.69, 9.17) is 16.3 Å². The fourth-order valence-electron chi connectivity index (χ4n) is 2.68. The molecule has 2 atom stereocenters. The predicted octanol–water partition coefficient (Wildman–Crippen LogP) is 5.03. The van der Waals surface area contributed by atoms with Crippen molar-refractivity contribution < 1.29 is 9.13 Å². The Kier molecular flexibility index (Phi) is 4.20. The van der Waals surface area contributed by atoms with E-state index in [0.717, 1.165) is 27.8 Å². The molecule has 0 saturated heterocycles. The number of nitrogens with one attached hydrogen (secondary N) is 1. The Morgan fingerprint density at radius 1 is 1.29 bits per heavy atom. The highest BCUT2D eigenvalue weighted by Crippen LogP contribution is 2.42. The molecule has 110 valence electrons. The Hall–Kier alpha value is -1.10. The van der Waals surface area contributed by atoms with E-state index in [1.54, 1.807) is 6.07 Å². The van der Waals surface area contributed by atoms with Crippen molar-refractivity contribution in [3.63, 3.8) is 0 Å². The van der Waals surface area contributed by atoms with E-state index >= 15 is 0 Å². The molecule has 1 aliphatic heterocycles. The van der Waals surface area contributed by atoms with Crippen molar-refractivity contribution >= 4 is 27.5 Å². The minimum atomic E-state index is -0.345. The summed E-state index contributed by atoms with van der Waals surface area (Å²) in [6.45, 7) is 0. The zero-order valence-corrected chi connectivity index (χ0v) is 13.7. The largest absolute Gasteiger partial charge is 0.485 e. The topological polar surface area (TPSA) is 21.3 Å². The van der Waals surface area contributed by atoms with Crippen molar-refractivity contribution in [1.29, 1.82) is 0 Å². The van der Waals surface area contributed by atoms with E-state index in [1.165, 1.54) is 12.1 Å². The van der Waals surface area contributed by atoms with Crippen LogP contribution in [0.3, 0.4) is 0 Å². The molecular formula is C16H14BrClFNO. The van der Waals surface area contributed by atoms with Gasteiger partial charge in [-0.1, -0.05) is 33.6 Å². The summed E-state index contributed by atoms with van der Waals surface area (Å²) >= 11 is 9.40. The maximum absolute atomic E-state index is 13.6. The summed E-state index contributed by atoms with van der Waals surface area (Å²) in [7, 11) is 1.91. The molecule has 2 nitrogen and oxygen atoms in total. The van der Waals surface area contributed by atoms with Crippen LogP contribution in [0.25, 0.3) is 0 Å². The van der Waals surface area contributed by atoms with Gasteiger partial charge in [0.25, 0.3) is 0 Å². The first-order chi connectivity index (χ1) is 10.1. The first-order valence-electron chi connectivity index (χ1n) is 6.66. The third-order valence-electron chi connectivity index (χ3n) is 3.68. The van der Waals surface area contributed by atoms with Gasteiger partial charge in [-0.05, 0) is 42.9 Å². The monoisotopic (exact) mass is 369 g/mol. The average molecular weight is 371 g/mol. The molecule has 1 heterocycles. The Balaban J connectivity index is 1.99. The summed E-state index contributed by atoms with van der Waals surface area (Å²) in [5.74, 6) is 0.461. The molecule has 0 radical (unpaired) electrons. The van der Waals surface area contributed by atoms with Crippen molar-refractivity contribution in [3.05, 3.63) is 62.8 Å². The van der Waals surface area contributed by atoms with Gasteiger partial charge in [0.15, 0.2) is 0 Å². The number of halogens is 3. The normalized spacial score (nSPS) is 20.8. The zero-order chi connectivity index (χ0) is 15.0. The molecule has 1 aliphatic rings. The van der Waals surface area contributed by atoms with Gasteiger partial charge in [-0.15, -0.1) is 0 Å². The van der Waals surface area contributed by atoms with Crippen LogP contribution in [0.2, 0.25) is 5.02 Å². The van der Waals surface area contributed by atoms with Gasteiger partial charge in [0.1, 0.15) is 17.7 Å². The quantitative estimate of drug-likeness (QED) is 0.801. The molecule has 21 heavy (non-hydrogen) atoms. The lowest BCUT2D eigenvalue weighted by molar-refractivity contribution is 0.153. The van der Waals surface area contributed by atoms with Gasteiger partial charge in [-0.25, -0.2) is 4.39 Å². The number of hydrogen-bond acceptors (Lipinski definition) is 2. The molecular weight excluding hydrogens is 357 g/mol. The predicted molar refractivity (Wildman–Crippen MR) is 85.3 cm³/mol. The van der Waals surface area contributed by atoms with Crippen LogP contribution in [0, 0.1) is 5.82 Å². The third kappa shape index (κ3) is 3.07. The van der Waals surface area contributed by atoms with Gasteiger partial charge in [-0.3, -0.25) is 0 Å². The van der Waals surface area contributed by atoms with Crippen LogP contribution in [-0.4, -0.2) is 7.05 Å². The minimum absolute atomic E-state index is 0.161. The molecule has 2 aromatic carbocycles. The van der Waals surface area contributed by atoms with Gasteiger partial charge in [0.05, 0.1) is 0 Å². The SMILES string of the molecule is CNC1CC(c2cc(F)cc(Cl)c2)Oc2cc(Br)ccc21. The Bertz CT molecular complexity index is 659. The number of fused-ring (bicyclic) bond motifs is 1. The molecule has 1 N–H and O–H groups in total. The summed E-state index contributed by atoms with van der Waals surface area (Å²) in [4.78, 5) is 0. The highest BCUT2D eigenvalue weighted by molar-refractivity contribution is 9.10. The second-order valence-electron chi connectivity index (χ2n) is 5.07. The first kappa shape index (κ1) is 14.8. The van der Waals surface area contributed by atoms with Gasteiger partial charge in [0, 0.05) is 27.5 Å². The van der Waals surface area contributed by atoms with Crippen LogP contribution < -0.4 is 10.1 Å². The van der Waals surface area contributed by atoms with Crippen LogP contribution in [0.1, 0.15) is 29.7 Å². The molecule has 2 aromatic rings. The number of rotatable bonds is 2. The maximum Gasteiger partial charge on any atom is 0.126 e. The second kappa shape index (κ2) is 5.95. The fourth-order valence-corrected chi connectivity index (χ4v) is 3.25. The van der Waals surface area contributed by atoms with Crippen LogP contribution in [0.4, 0.5) is 4.39 Å². The first-order valence-corrected chi connectivity index (χ1v) is 7.83. The molecule has 0 aromatic heterocycles. The second-order valence-corrected chi connectivity index (χ2v) is 6.42. The van der Waals surface area contributed by atoms with Crippen molar-refractivity contribution in [1.82, 2.24) is 5.32 Å². The smallest absolute Gasteiger partial charge is 0.126 e. The Morgan fingerprint density at radius 3 is 2.81 bits per heavy atom. The zero-order valence-electron chi connectivity index (χ0n) is 11.4. The summed E-state index contributed by atoms with van der Waals surface area (Å²) in [5.41, 5.74) is 1.87. The molecule has 0 spiro atoms. The number of hydrogen-bond donors (Lipinski definition) is 1. The van der Waals surface area contributed by atoms with Crippen molar-refractivity contribution in [2.45, 2.75) is 18.6 Å². The summed E-state index contributed by atoms with van der Waals surface area (Å²) in [6, 6.07) is 10.7. The van der Waals surface area contributed by atoms with Crippen LogP contribution in [-0.2, 0) is 0 Å². The van der Waals surface area contributed by atoms with Crippen molar-refractivity contribution in [2.75, 3.05) is 7.05 Å². The molecule has 0 fully saturated rings. The van der Waals surface area contributed by atoms with E-state index in [-0.39, 0.29) is 18.0 Å². The molecule has 3 rings (SSSR count). The summed E-state index contributed by atoms with van der Waals surface area (Å²) in [6.07, 6.45) is 0.503. The molecule has 5 heteroatoms. The van der Waals surface area contributed by atoms with Crippen molar-refractivity contribution in [2.24, 2.45) is 0 Å². The van der Waals surface area contributed by atoms with Crippen LogP contribution >= 0.6 is 27.5 Å². The summed E-state index contributed by atoms with van der Waals surface area (Å²) in [5, 5.41) is 3.67. The number of ether oxygens (including phenoxy) is 1. The van der Waals surface area contributed by atoms with E-state index < -0.39 is 0 Å². The van der Waals surface area contributed by atoms with E-state index in [2.05, 4.69) is 21.2 Å². The van der Waals surface area contributed by atoms with E-state index in [1.807, 2.05) is 25.2 Å². The van der Waals surface area contributed by atoms with E-state index in [0.29, 0.717) is 5.02 Å². The lowest BCUT2D eigenvalue weighted by Gasteiger charge is -2.32. The number of benzene rings is 2. The molecule has 2 unspecified atom stereocenters. The van der Waals surface area contributed by atoms with Gasteiger partial charge in [0.2, 0.25) is 0 Å². The highest BCUT2D eigenvalue weighted by atomic mass is 79.9. The van der Waals surface area contributed by atoms with Crippen LogP contribution in [0.15, 0.2) is 40.9 Å². The third-order valence-corrected chi connectivity index (χ3v) is 4.39. The van der Waals surface area contributed by atoms with Gasteiger partial charge < -0.3 is 10.1 Å². The van der Waals surface area contributed by atoms with Gasteiger partial charge in [-0.2, -0.15) is 0 Å². The Morgan fingerprint density at radius 2 is 2.10 bits per heavy atom. The molecule has 0 amide bonds.